The fourth-order valence-electron chi connectivity index (χ4n) is 1.50. The number of para-hydroxylation sites is 2. The van der Waals surface area contributed by atoms with Crippen molar-refractivity contribution < 1.29 is 0 Å². The second-order valence-electron chi connectivity index (χ2n) is 3.96. The highest BCUT2D eigenvalue weighted by Crippen LogP contribution is 2.24. The first-order valence-corrected chi connectivity index (χ1v) is 6.37. The maximum Gasteiger partial charge on any atom is 0.166 e. The van der Waals surface area contributed by atoms with Crippen LogP contribution in [0, 0.1) is 0 Å². The molecule has 2 N–H and O–H groups in total. The van der Waals surface area contributed by atoms with Gasteiger partial charge in [0.15, 0.2) is 5.16 Å². The van der Waals surface area contributed by atoms with Crippen molar-refractivity contribution >= 4 is 22.8 Å². The van der Waals surface area contributed by atoms with E-state index in [1.54, 1.807) is 11.8 Å². The van der Waals surface area contributed by atoms with E-state index in [-0.39, 0.29) is 0 Å². The van der Waals surface area contributed by atoms with E-state index in [1.165, 1.54) is 0 Å². The lowest BCUT2D eigenvalue weighted by atomic mass is 10.3. The van der Waals surface area contributed by atoms with Gasteiger partial charge < -0.3 is 10.3 Å². The summed E-state index contributed by atoms with van der Waals surface area (Å²) in [5, 5.41) is 4.74. The number of aromatic amines is 1. The van der Waals surface area contributed by atoms with Gasteiger partial charge in [0.2, 0.25) is 0 Å². The Bertz CT molecular complexity index is 433. The molecule has 0 bridgehead atoms. The second-order valence-corrected chi connectivity index (χ2v) is 5.33. The molecule has 0 fully saturated rings. The van der Waals surface area contributed by atoms with Gasteiger partial charge in [-0.1, -0.05) is 30.8 Å². The minimum atomic E-state index is 0.471. The lowest BCUT2D eigenvalue weighted by Gasteiger charge is -2.16. The molecular formula is C12H17N3S. The summed E-state index contributed by atoms with van der Waals surface area (Å²) in [6, 6.07) is 8.59. The second kappa shape index (κ2) is 4.89. The van der Waals surface area contributed by atoms with Crippen molar-refractivity contribution in [2.45, 2.75) is 30.3 Å². The summed E-state index contributed by atoms with van der Waals surface area (Å²) in [6.07, 6.45) is 0. The van der Waals surface area contributed by atoms with Gasteiger partial charge in [-0.3, -0.25) is 0 Å². The number of hydrogen-bond acceptors (Lipinski definition) is 3. The molecule has 2 unspecified atom stereocenters. The van der Waals surface area contributed by atoms with Crippen molar-refractivity contribution in [3.63, 3.8) is 0 Å². The van der Waals surface area contributed by atoms with Gasteiger partial charge in [-0.15, -0.1) is 0 Å². The molecule has 1 heterocycles. The van der Waals surface area contributed by atoms with Crippen molar-refractivity contribution in [1.29, 1.82) is 0 Å². The van der Waals surface area contributed by atoms with Crippen molar-refractivity contribution in [3.8, 4) is 0 Å². The zero-order valence-electron chi connectivity index (χ0n) is 9.82. The highest BCUT2D eigenvalue weighted by molar-refractivity contribution is 7.99. The molecule has 0 amide bonds. The first-order valence-electron chi connectivity index (χ1n) is 5.49. The summed E-state index contributed by atoms with van der Waals surface area (Å²) >= 11 is 1.77. The molecule has 2 rings (SSSR count). The van der Waals surface area contributed by atoms with Gasteiger partial charge in [0.1, 0.15) is 0 Å². The first-order chi connectivity index (χ1) is 7.70. The van der Waals surface area contributed by atoms with E-state index < -0.39 is 0 Å². The van der Waals surface area contributed by atoms with E-state index in [9.17, 15) is 0 Å². The molecular weight excluding hydrogens is 218 g/mol. The zero-order chi connectivity index (χ0) is 11.5. The van der Waals surface area contributed by atoms with Crippen LogP contribution in [0.4, 0.5) is 0 Å². The molecule has 0 saturated heterocycles. The van der Waals surface area contributed by atoms with Crippen LogP contribution in [0.25, 0.3) is 11.0 Å². The average molecular weight is 235 g/mol. The topological polar surface area (TPSA) is 40.7 Å². The average Bonchev–Trinajstić information content (AvgIpc) is 2.69. The van der Waals surface area contributed by atoms with Crippen LogP contribution in [0.3, 0.4) is 0 Å². The summed E-state index contributed by atoms with van der Waals surface area (Å²) < 4.78 is 0. The summed E-state index contributed by atoms with van der Waals surface area (Å²) in [6.45, 7) is 4.39. The molecule has 0 aliphatic heterocycles. The van der Waals surface area contributed by atoms with Gasteiger partial charge in [0.05, 0.1) is 11.0 Å². The SMILES string of the molecule is CNC(C)C(C)Sc1nc2ccccc2[nH]1. The van der Waals surface area contributed by atoms with Crippen LogP contribution in [0.1, 0.15) is 13.8 Å². The minimum Gasteiger partial charge on any atom is -0.333 e. The molecule has 3 nitrogen and oxygen atoms in total. The molecule has 2 atom stereocenters. The van der Waals surface area contributed by atoms with Crippen LogP contribution in [0.2, 0.25) is 0 Å². The Hall–Kier alpha value is -1.00. The normalized spacial score (nSPS) is 15.2. The van der Waals surface area contributed by atoms with E-state index in [2.05, 4.69) is 35.2 Å². The summed E-state index contributed by atoms with van der Waals surface area (Å²) in [5.41, 5.74) is 2.14. The third-order valence-electron chi connectivity index (χ3n) is 2.82. The van der Waals surface area contributed by atoms with E-state index >= 15 is 0 Å². The molecule has 1 aromatic heterocycles. The number of nitrogens with one attached hydrogen (secondary N) is 2. The zero-order valence-corrected chi connectivity index (χ0v) is 10.6. The van der Waals surface area contributed by atoms with Crippen molar-refractivity contribution in [2.75, 3.05) is 7.05 Å². The maximum atomic E-state index is 4.55. The molecule has 0 radical (unpaired) electrons. The first kappa shape index (κ1) is 11.5. The lowest BCUT2D eigenvalue weighted by molar-refractivity contribution is 0.604. The molecule has 0 aliphatic rings. The summed E-state index contributed by atoms with van der Waals surface area (Å²) in [4.78, 5) is 7.88. The maximum absolute atomic E-state index is 4.55. The molecule has 16 heavy (non-hydrogen) atoms. The Morgan fingerprint density at radius 2 is 2.06 bits per heavy atom. The fourth-order valence-corrected chi connectivity index (χ4v) is 2.51. The Kier molecular flexibility index (Phi) is 3.51. The molecule has 1 aromatic carbocycles. The standard InChI is InChI=1S/C12H17N3S/c1-8(13-3)9(2)16-12-14-10-6-4-5-7-11(10)15-12/h4-9,13H,1-3H3,(H,14,15). The van der Waals surface area contributed by atoms with Gasteiger partial charge in [-0.25, -0.2) is 4.98 Å². The highest BCUT2D eigenvalue weighted by Gasteiger charge is 2.13. The van der Waals surface area contributed by atoms with E-state index in [1.807, 2.05) is 25.2 Å². The number of rotatable bonds is 4. The monoisotopic (exact) mass is 235 g/mol. The highest BCUT2D eigenvalue weighted by atomic mass is 32.2. The number of H-pyrrole nitrogens is 1. The summed E-state index contributed by atoms with van der Waals surface area (Å²) in [7, 11) is 1.99. The number of aromatic nitrogens is 2. The van der Waals surface area contributed by atoms with Crippen LogP contribution in [0.5, 0.6) is 0 Å². The largest absolute Gasteiger partial charge is 0.333 e. The molecule has 0 spiro atoms. The fraction of sp³-hybridized carbons (Fsp3) is 0.417. The summed E-state index contributed by atoms with van der Waals surface area (Å²) in [5.74, 6) is 0. The van der Waals surface area contributed by atoms with Crippen LogP contribution in [-0.4, -0.2) is 28.3 Å². The Labute approximate surface area is 100 Å². The molecule has 0 saturated carbocycles. The number of benzene rings is 1. The van der Waals surface area contributed by atoms with E-state index in [4.69, 9.17) is 0 Å². The molecule has 2 aromatic rings. The van der Waals surface area contributed by atoms with Crippen LogP contribution in [-0.2, 0) is 0 Å². The van der Waals surface area contributed by atoms with Gasteiger partial charge in [0, 0.05) is 11.3 Å². The van der Waals surface area contributed by atoms with Crippen LogP contribution < -0.4 is 5.32 Å². The van der Waals surface area contributed by atoms with Crippen LogP contribution in [0.15, 0.2) is 29.4 Å². The lowest BCUT2D eigenvalue weighted by Crippen LogP contribution is -2.30. The number of fused-ring (bicyclic) bond motifs is 1. The predicted octanol–water partition coefficient (Wildman–Crippen LogP) is 2.65. The predicted molar refractivity (Wildman–Crippen MR) is 69.9 cm³/mol. The Balaban J connectivity index is 2.15. The number of nitrogens with zero attached hydrogens (tertiary/aromatic N) is 1. The molecule has 86 valence electrons. The third-order valence-corrected chi connectivity index (χ3v) is 4.02. The van der Waals surface area contributed by atoms with Gasteiger partial charge in [-0.05, 0) is 26.1 Å². The number of hydrogen-bond donors (Lipinski definition) is 2. The Morgan fingerprint density at radius 1 is 1.31 bits per heavy atom. The van der Waals surface area contributed by atoms with Crippen molar-refractivity contribution in [1.82, 2.24) is 15.3 Å². The minimum absolute atomic E-state index is 0.471. The smallest absolute Gasteiger partial charge is 0.166 e. The van der Waals surface area contributed by atoms with Crippen molar-refractivity contribution in [2.24, 2.45) is 0 Å². The van der Waals surface area contributed by atoms with Gasteiger partial charge in [-0.2, -0.15) is 0 Å². The van der Waals surface area contributed by atoms with Crippen LogP contribution >= 0.6 is 11.8 Å². The molecule has 4 heteroatoms. The van der Waals surface area contributed by atoms with Gasteiger partial charge >= 0.3 is 0 Å². The van der Waals surface area contributed by atoms with E-state index in [0.29, 0.717) is 11.3 Å². The number of thioether (sulfide) groups is 1. The number of imidazole rings is 1. The van der Waals surface area contributed by atoms with E-state index in [0.717, 1.165) is 16.2 Å². The Morgan fingerprint density at radius 3 is 2.75 bits per heavy atom. The quantitative estimate of drug-likeness (QED) is 0.800. The van der Waals surface area contributed by atoms with Gasteiger partial charge in [0.25, 0.3) is 0 Å². The molecule has 0 aliphatic carbocycles. The van der Waals surface area contributed by atoms with Crippen molar-refractivity contribution in [3.05, 3.63) is 24.3 Å². The third kappa shape index (κ3) is 2.39.